The minimum atomic E-state index is -4.34. The summed E-state index contributed by atoms with van der Waals surface area (Å²) < 4.78 is 53.5. The number of nitrogens with zero attached hydrogens (tertiary/aromatic N) is 5. The van der Waals surface area contributed by atoms with Crippen molar-refractivity contribution in [2.75, 3.05) is 25.6 Å². The van der Waals surface area contributed by atoms with Gasteiger partial charge in [0, 0.05) is 23.2 Å². The smallest absolute Gasteiger partial charge is 0.406 e. The molecule has 190 valence electrons. The summed E-state index contributed by atoms with van der Waals surface area (Å²) in [7, 11) is 1.55. The number of aryl methyl sites for hydroxylation is 1. The first-order valence-electron chi connectivity index (χ1n) is 12.1. The van der Waals surface area contributed by atoms with E-state index in [2.05, 4.69) is 20.4 Å². The standard InChI is InChI=1S/C25H27F3N6O2/c1-15-29-19-4-3-16(11-20(19)33(15)12-25(26,27)28)18-7-10-34-21(18)22(35-2)31-23(32-34)30-17-5-8-24(9-6-17)13-36-14-24/h3-4,7,10-11,17H,5-6,8-9,12-14H2,1-2H3,(H,30,32). The summed E-state index contributed by atoms with van der Waals surface area (Å²) in [5.74, 6) is 1.20. The molecule has 1 spiro atoms. The number of hydrogen-bond acceptors (Lipinski definition) is 6. The summed E-state index contributed by atoms with van der Waals surface area (Å²) in [5.41, 5.74) is 3.45. The molecular formula is C25H27F3N6O2. The Balaban J connectivity index is 1.32. The van der Waals surface area contributed by atoms with Gasteiger partial charge in [-0.15, -0.1) is 5.10 Å². The summed E-state index contributed by atoms with van der Waals surface area (Å²) in [6, 6.07) is 7.46. The van der Waals surface area contributed by atoms with Crippen molar-refractivity contribution in [2.45, 2.75) is 51.4 Å². The van der Waals surface area contributed by atoms with Crippen LogP contribution in [0.4, 0.5) is 19.1 Å². The Morgan fingerprint density at radius 1 is 1.17 bits per heavy atom. The molecule has 6 rings (SSSR count). The molecule has 8 nitrogen and oxygen atoms in total. The monoisotopic (exact) mass is 500 g/mol. The maximum atomic E-state index is 13.2. The largest absolute Gasteiger partial charge is 0.479 e. The molecule has 1 aliphatic carbocycles. The fourth-order valence-electron chi connectivity index (χ4n) is 5.45. The van der Waals surface area contributed by atoms with E-state index in [1.165, 1.54) is 4.57 Å². The average molecular weight is 501 g/mol. The normalized spacial score (nSPS) is 18.1. The van der Waals surface area contributed by atoms with Crippen molar-refractivity contribution in [1.29, 1.82) is 0 Å². The molecule has 4 heterocycles. The number of hydrogen-bond donors (Lipinski definition) is 1. The van der Waals surface area contributed by atoms with Crippen LogP contribution in [0.5, 0.6) is 5.88 Å². The van der Waals surface area contributed by atoms with E-state index in [1.54, 1.807) is 30.7 Å². The van der Waals surface area contributed by atoms with Crippen molar-refractivity contribution in [1.82, 2.24) is 24.1 Å². The number of benzene rings is 1. The Labute approximate surface area is 205 Å². The highest BCUT2D eigenvalue weighted by Gasteiger charge is 2.41. The minimum absolute atomic E-state index is 0.285. The first-order valence-corrected chi connectivity index (χ1v) is 12.1. The van der Waals surface area contributed by atoms with Crippen LogP contribution >= 0.6 is 0 Å². The van der Waals surface area contributed by atoms with Crippen LogP contribution in [0.1, 0.15) is 31.5 Å². The van der Waals surface area contributed by atoms with E-state index in [-0.39, 0.29) is 6.04 Å². The van der Waals surface area contributed by atoms with Gasteiger partial charge in [0.2, 0.25) is 11.8 Å². The van der Waals surface area contributed by atoms with Gasteiger partial charge in [0.25, 0.3) is 0 Å². The van der Waals surface area contributed by atoms with Gasteiger partial charge in [0.05, 0.1) is 31.4 Å². The first-order chi connectivity index (χ1) is 17.2. The van der Waals surface area contributed by atoms with Crippen LogP contribution in [-0.4, -0.2) is 56.7 Å². The summed E-state index contributed by atoms with van der Waals surface area (Å²) in [4.78, 5) is 8.91. The van der Waals surface area contributed by atoms with E-state index in [0.717, 1.165) is 50.0 Å². The number of fused-ring (bicyclic) bond motifs is 2. The predicted molar refractivity (Wildman–Crippen MR) is 128 cm³/mol. The van der Waals surface area contributed by atoms with Crippen molar-refractivity contribution in [3.63, 3.8) is 0 Å². The van der Waals surface area contributed by atoms with Gasteiger partial charge >= 0.3 is 6.18 Å². The van der Waals surface area contributed by atoms with Crippen LogP contribution in [0.2, 0.25) is 0 Å². The van der Waals surface area contributed by atoms with Gasteiger partial charge in [-0.05, 0) is 56.4 Å². The molecule has 36 heavy (non-hydrogen) atoms. The molecule has 0 unspecified atom stereocenters. The number of imidazole rings is 1. The highest BCUT2D eigenvalue weighted by molar-refractivity contribution is 5.89. The van der Waals surface area contributed by atoms with Gasteiger partial charge in [-0.25, -0.2) is 9.50 Å². The Morgan fingerprint density at radius 2 is 1.94 bits per heavy atom. The van der Waals surface area contributed by atoms with Gasteiger partial charge in [-0.3, -0.25) is 0 Å². The van der Waals surface area contributed by atoms with E-state index >= 15 is 0 Å². The van der Waals surface area contributed by atoms with Crippen LogP contribution in [0.15, 0.2) is 30.5 Å². The number of aromatic nitrogens is 5. The first kappa shape index (κ1) is 23.1. The Morgan fingerprint density at radius 3 is 2.61 bits per heavy atom. The lowest BCUT2D eigenvalue weighted by atomic mass is 9.71. The van der Waals surface area contributed by atoms with Crippen LogP contribution in [0.3, 0.4) is 0 Å². The predicted octanol–water partition coefficient (Wildman–Crippen LogP) is 5.00. The third-order valence-electron chi connectivity index (χ3n) is 7.46. The number of alkyl halides is 3. The molecule has 4 aromatic rings. The highest BCUT2D eigenvalue weighted by Crippen LogP contribution is 2.43. The summed E-state index contributed by atoms with van der Waals surface area (Å²) >= 11 is 0. The van der Waals surface area contributed by atoms with Gasteiger partial charge < -0.3 is 19.4 Å². The van der Waals surface area contributed by atoms with Crippen LogP contribution < -0.4 is 10.1 Å². The molecule has 0 atom stereocenters. The van der Waals surface area contributed by atoms with E-state index in [0.29, 0.717) is 39.6 Å². The third kappa shape index (κ3) is 4.04. The lowest BCUT2D eigenvalue weighted by Crippen LogP contribution is -2.47. The van der Waals surface area contributed by atoms with E-state index in [1.807, 2.05) is 18.3 Å². The zero-order chi connectivity index (χ0) is 25.1. The quantitative estimate of drug-likeness (QED) is 0.416. The van der Waals surface area contributed by atoms with Crippen molar-refractivity contribution in [3.05, 3.63) is 36.3 Å². The number of anilines is 1. The molecule has 1 aromatic carbocycles. The molecule has 2 aliphatic rings. The molecule has 1 N–H and O–H groups in total. The van der Waals surface area contributed by atoms with Gasteiger partial charge in [-0.1, -0.05) is 6.07 Å². The lowest BCUT2D eigenvalue weighted by Gasteiger charge is -2.46. The molecule has 0 amide bonds. The zero-order valence-electron chi connectivity index (χ0n) is 20.1. The number of halogens is 3. The number of rotatable bonds is 5. The molecule has 1 saturated carbocycles. The van der Waals surface area contributed by atoms with Crippen LogP contribution in [0.25, 0.3) is 27.7 Å². The second-order valence-electron chi connectivity index (χ2n) is 9.94. The van der Waals surface area contributed by atoms with Crippen molar-refractivity contribution in [2.24, 2.45) is 5.41 Å². The molecule has 1 aliphatic heterocycles. The van der Waals surface area contributed by atoms with Gasteiger partial charge in [0.1, 0.15) is 17.9 Å². The molecule has 1 saturated heterocycles. The number of methoxy groups -OCH3 is 1. The van der Waals surface area contributed by atoms with E-state index in [4.69, 9.17) is 9.47 Å². The topological polar surface area (TPSA) is 78.5 Å². The number of nitrogens with one attached hydrogen (secondary N) is 1. The molecule has 2 fully saturated rings. The molecule has 0 radical (unpaired) electrons. The fraction of sp³-hybridized carbons (Fsp3) is 0.480. The lowest BCUT2D eigenvalue weighted by molar-refractivity contribution is -0.140. The maximum Gasteiger partial charge on any atom is 0.406 e. The molecule has 3 aromatic heterocycles. The Kier molecular flexibility index (Phi) is 5.36. The van der Waals surface area contributed by atoms with Crippen LogP contribution in [0, 0.1) is 12.3 Å². The van der Waals surface area contributed by atoms with Crippen molar-refractivity contribution in [3.8, 4) is 17.0 Å². The molecule has 0 bridgehead atoms. The van der Waals surface area contributed by atoms with E-state index < -0.39 is 12.7 Å². The average Bonchev–Trinajstić information content (AvgIpc) is 3.38. The summed E-state index contributed by atoms with van der Waals surface area (Å²) in [5, 5.41) is 8.11. The Bertz CT molecular complexity index is 1430. The molecular weight excluding hydrogens is 473 g/mol. The van der Waals surface area contributed by atoms with Gasteiger partial charge in [0.15, 0.2) is 0 Å². The van der Waals surface area contributed by atoms with Crippen molar-refractivity contribution >= 4 is 22.5 Å². The Hall–Kier alpha value is -3.34. The highest BCUT2D eigenvalue weighted by atomic mass is 19.4. The second kappa shape index (κ2) is 8.36. The van der Waals surface area contributed by atoms with Gasteiger partial charge in [-0.2, -0.15) is 18.2 Å². The molecule has 11 heteroatoms. The third-order valence-corrected chi connectivity index (χ3v) is 7.46. The second-order valence-corrected chi connectivity index (χ2v) is 9.94. The fourth-order valence-corrected chi connectivity index (χ4v) is 5.45. The maximum absolute atomic E-state index is 13.2. The minimum Gasteiger partial charge on any atom is -0.479 e. The van der Waals surface area contributed by atoms with Crippen LogP contribution in [-0.2, 0) is 11.3 Å². The van der Waals surface area contributed by atoms with Crippen molar-refractivity contribution < 1.29 is 22.6 Å². The summed E-state index contributed by atoms with van der Waals surface area (Å²) in [6.45, 7) is 2.22. The SMILES string of the molecule is COc1nc(NC2CCC3(CC2)COC3)nn2ccc(-c3ccc4nc(C)n(CC(F)(F)F)c4c3)c12. The summed E-state index contributed by atoms with van der Waals surface area (Å²) in [6.07, 6.45) is 1.80. The zero-order valence-corrected chi connectivity index (χ0v) is 20.1. The van der Waals surface area contributed by atoms with E-state index in [9.17, 15) is 13.2 Å². The number of ether oxygens (including phenoxy) is 2.